The Morgan fingerprint density at radius 2 is 1.81 bits per heavy atom. The van der Waals surface area contributed by atoms with E-state index in [-0.39, 0.29) is 12.0 Å². The van der Waals surface area contributed by atoms with Crippen LogP contribution < -0.4 is 5.43 Å². The maximum atomic E-state index is 14.2. The first-order valence-electron chi connectivity index (χ1n) is 9.31. The highest BCUT2D eigenvalue weighted by atomic mass is 19.4. The second kappa shape index (κ2) is 7.15. The molecule has 1 aliphatic heterocycles. The Kier molecular flexibility index (Phi) is 5.21. The SMILES string of the molecule is CCCCc1cccc2c([C@H](N3NC(=O)CC3(C)C)C(F)(F)F)cccc12. The topological polar surface area (TPSA) is 32.3 Å². The number of carbonyl (C=O) groups is 1. The van der Waals surface area contributed by atoms with E-state index in [2.05, 4.69) is 12.3 Å². The third kappa shape index (κ3) is 3.81. The van der Waals surface area contributed by atoms with Crippen molar-refractivity contribution >= 4 is 16.7 Å². The molecule has 146 valence electrons. The molecular weight excluding hydrogens is 353 g/mol. The smallest absolute Gasteiger partial charge is 0.287 e. The number of amides is 1. The van der Waals surface area contributed by atoms with Crippen LogP contribution in [0.1, 0.15) is 57.2 Å². The number of alkyl halides is 3. The molecule has 0 aromatic heterocycles. The van der Waals surface area contributed by atoms with Gasteiger partial charge >= 0.3 is 6.18 Å². The summed E-state index contributed by atoms with van der Waals surface area (Å²) in [5.74, 6) is -0.391. The van der Waals surface area contributed by atoms with Crippen LogP contribution in [0.15, 0.2) is 36.4 Å². The Bertz CT molecular complexity index is 845. The van der Waals surface area contributed by atoms with Gasteiger partial charge in [0.15, 0.2) is 6.04 Å². The first kappa shape index (κ1) is 19.7. The van der Waals surface area contributed by atoms with E-state index in [1.807, 2.05) is 18.2 Å². The summed E-state index contributed by atoms with van der Waals surface area (Å²) in [4.78, 5) is 11.8. The number of rotatable bonds is 5. The number of hydrogen-bond donors (Lipinski definition) is 1. The molecule has 1 heterocycles. The standard InChI is InChI=1S/C21H25F3N2O/c1-4-5-8-14-9-6-11-16-15(14)10-7-12-17(16)19(21(22,23)24)26-20(2,3)13-18(27)25-26/h6-7,9-12,19H,4-5,8,13H2,1-3H3,(H,25,27)/t19-/m0/s1. The summed E-state index contributed by atoms with van der Waals surface area (Å²) >= 11 is 0. The average molecular weight is 378 g/mol. The molecule has 2 aromatic carbocycles. The van der Waals surface area contributed by atoms with Gasteiger partial charge in [0.05, 0.1) is 0 Å². The van der Waals surface area contributed by atoms with Gasteiger partial charge in [-0.2, -0.15) is 18.2 Å². The molecule has 1 saturated heterocycles. The lowest BCUT2D eigenvalue weighted by Gasteiger charge is -2.38. The van der Waals surface area contributed by atoms with Gasteiger partial charge in [0, 0.05) is 12.0 Å². The maximum Gasteiger partial charge on any atom is 0.409 e. The van der Waals surface area contributed by atoms with Crippen LogP contribution in [0.25, 0.3) is 10.8 Å². The molecule has 2 aromatic rings. The van der Waals surface area contributed by atoms with Gasteiger partial charge in [0.2, 0.25) is 5.91 Å². The third-order valence-electron chi connectivity index (χ3n) is 5.20. The van der Waals surface area contributed by atoms with E-state index < -0.39 is 23.7 Å². The van der Waals surface area contributed by atoms with Crippen LogP contribution in [0.2, 0.25) is 0 Å². The van der Waals surface area contributed by atoms with Crippen molar-refractivity contribution in [3.8, 4) is 0 Å². The second-order valence-corrected chi connectivity index (χ2v) is 7.80. The van der Waals surface area contributed by atoms with Gasteiger partial charge < -0.3 is 0 Å². The summed E-state index contributed by atoms with van der Waals surface area (Å²) in [7, 11) is 0. The lowest BCUT2D eigenvalue weighted by molar-refractivity contribution is -0.203. The fraction of sp³-hybridized carbons (Fsp3) is 0.476. The summed E-state index contributed by atoms with van der Waals surface area (Å²) in [5.41, 5.74) is 2.74. The Morgan fingerprint density at radius 3 is 2.41 bits per heavy atom. The zero-order valence-electron chi connectivity index (χ0n) is 15.9. The lowest BCUT2D eigenvalue weighted by Crippen LogP contribution is -2.51. The predicted octanol–water partition coefficient (Wildman–Crippen LogP) is 5.30. The van der Waals surface area contributed by atoms with Crippen molar-refractivity contribution in [2.45, 2.75) is 64.2 Å². The van der Waals surface area contributed by atoms with Crippen molar-refractivity contribution in [2.24, 2.45) is 0 Å². The molecule has 0 radical (unpaired) electrons. The summed E-state index contributed by atoms with van der Waals surface area (Å²) in [5, 5.41) is 2.51. The van der Waals surface area contributed by atoms with Crippen LogP contribution in [0.5, 0.6) is 0 Å². The van der Waals surface area contributed by atoms with Crippen molar-refractivity contribution in [1.29, 1.82) is 0 Å². The number of hydrogen-bond acceptors (Lipinski definition) is 2. The molecular formula is C21H25F3N2O. The van der Waals surface area contributed by atoms with Crippen molar-refractivity contribution in [3.63, 3.8) is 0 Å². The number of hydrazine groups is 1. The molecule has 0 unspecified atom stereocenters. The second-order valence-electron chi connectivity index (χ2n) is 7.80. The number of carbonyl (C=O) groups excluding carboxylic acids is 1. The minimum absolute atomic E-state index is 0.0338. The molecule has 1 amide bonds. The molecule has 27 heavy (non-hydrogen) atoms. The Labute approximate surface area is 157 Å². The number of aryl methyl sites for hydroxylation is 1. The van der Waals surface area contributed by atoms with Gasteiger partial charge in [-0.3, -0.25) is 10.2 Å². The molecule has 6 heteroatoms. The molecule has 0 bridgehead atoms. The third-order valence-corrected chi connectivity index (χ3v) is 5.20. The van der Waals surface area contributed by atoms with E-state index in [9.17, 15) is 18.0 Å². The number of halogens is 3. The quantitative estimate of drug-likeness (QED) is 0.766. The van der Waals surface area contributed by atoms with Gasteiger partial charge in [0.25, 0.3) is 0 Å². The first-order chi connectivity index (χ1) is 12.6. The van der Waals surface area contributed by atoms with Crippen LogP contribution in [0.3, 0.4) is 0 Å². The van der Waals surface area contributed by atoms with E-state index >= 15 is 0 Å². The number of fused-ring (bicyclic) bond motifs is 1. The van der Waals surface area contributed by atoms with Crippen LogP contribution in [0, 0.1) is 0 Å². The minimum Gasteiger partial charge on any atom is -0.287 e. The number of unbranched alkanes of at least 4 members (excludes halogenated alkanes) is 1. The fourth-order valence-electron chi connectivity index (χ4n) is 3.90. The highest BCUT2D eigenvalue weighted by Crippen LogP contribution is 2.44. The van der Waals surface area contributed by atoms with Crippen LogP contribution in [-0.2, 0) is 11.2 Å². The van der Waals surface area contributed by atoms with E-state index in [1.54, 1.807) is 26.0 Å². The predicted molar refractivity (Wildman–Crippen MR) is 100 cm³/mol. The van der Waals surface area contributed by atoms with E-state index in [1.165, 1.54) is 6.07 Å². The van der Waals surface area contributed by atoms with Crippen molar-refractivity contribution in [2.75, 3.05) is 0 Å². The van der Waals surface area contributed by atoms with Gasteiger partial charge in [0.1, 0.15) is 0 Å². The minimum atomic E-state index is -4.53. The maximum absolute atomic E-state index is 14.2. The zero-order valence-corrected chi connectivity index (χ0v) is 15.9. The van der Waals surface area contributed by atoms with Crippen LogP contribution >= 0.6 is 0 Å². The summed E-state index contributed by atoms with van der Waals surface area (Å²) in [6.07, 6.45) is -1.65. The van der Waals surface area contributed by atoms with Crippen molar-refractivity contribution in [3.05, 3.63) is 47.5 Å². The fourth-order valence-corrected chi connectivity index (χ4v) is 3.90. The number of nitrogens with zero attached hydrogens (tertiary/aromatic N) is 1. The van der Waals surface area contributed by atoms with Crippen LogP contribution in [0.4, 0.5) is 13.2 Å². The molecule has 0 saturated carbocycles. The van der Waals surface area contributed by atoms with Gasteiger partial charge in [-0.05, 0) is 48.6 Å². The molecule has 0 spiro atoms. The van der Waals surface area contributed by atoms with E-state index in [4.69, 9.17) is 0 Å². The summed E-state index contributed by atoms with van der Waals surface area (Å²) in [6.45, 7) is 5.40. The number of benzene rings is 2. The van der Waals surface area contributed by atoms with Gasteiger partial charge in [-0.25, -0.2) is 0 Å². The molecule has 1 N–H and O–H groups in total. The van der Waals surface area contributed by atoms with Gasteiger partial charge in [-0.15, -0.1) is 0 Å². The molecule has 1 aliphatic rings. The lowest BCUT2D eigenvalue weighted by atomic mass is 9.91. The first-order valence-corrected chi connectivity index (χ1v) is 9.31. The number of nitrogens with one attached hydrogen (secondary N) is 1. The van der Waals surface area contributed by atoms with E-state index in [0.717, 1.165) is 35.2 Å². The highest BCUT2D eigenvalue weighted by molar-refractivity contribution is 5.89. The van der Waals surface area contributed by atoms with Gasteiger partial charge in [-0.1, -0.05) is 49.7 Å². The molecule has 0 aliphatic carbocycles. The molecule has 1 fully saturated rings. The van der Waals surface area contributed by atoms with Crippen molar-refractivity contribution < 1.29 is 18.0 Å². The Balaban J connectivity index is 2.16. The Morgan fingerprint density at radius 1 is 1.15 bits per heavy atom. The monoisotopic (exact) mass is 378 g/mol. The average Bonchev–Trinajstić information content (AvgIpc) is 2.84. The molecule has 3 nitrogen and oxygen atoms in total. The zero-order chi connectivity index (χ0) is 19.8. The summed E-state index contributed by atoms with van der Waals surface area (Å²) < 4.78 is 42.5. The van der Waals surface area contributed by atoms with Crippen molar-refractivity contribution in [1.82, 2.24) is 10.4 Å². The normalized spacial score (nSPS) is 18.7. The van der Waals surface area contributed by atoms with E-state index in [0.29, 0.717) is 5.39 Å². The molecule has 3 rings (SSSR count). The summed E-state index contributed by atoms with van der Waals surface area (Å²) in [6, 6.07) is 8.71. The molecule has 1 atom stereocenters. The Hall–Kier alpha value is -2.08. The van der Waals surface area contributed by atoms with Crippen LogP contribution in [-0.4, -0.2) is 22.6 Å². The highest BCUT2D eigenvalue weighted by Gasteiger charge is 2.53. The largest absolute Gasteiger partial charge is 0.409 e.